The first kappa shape index (κ1) is 11.5. The monoisotopic (exact) mass is 235 g/mol. The molecule has 1 unspecified atom stereocenters. The lowest BCUT2D eigenvalue weighted by atomic mass is 10.0. The van der Waals surface area contributed by atoms with E-state index in [1.54, 1.807) is 0 Å². The zero-order valence-electron chi connectivity index (χ0n) is 9.68. The highest BCUT2D eigenvalue weighted by Gasteiger charge is 2.29. The van der Waals surface area contributed by atoms with E-state index in [1.165, 1.54) is 5.56 Å². The Morgan fingerprint density at radius 2 is 2.06 bits per heavy atom. The summed E-state index contributed by atoms with van der Waals surface area (Å²) >= 11 is 4.38. The molecule has 0 spiro atoms. The minimum atomic E-state index is 0.174. The van der Waals surface area contributed by atoms with E-state index in [9.17, 15) is 4.79 Å². The van der Waals surface area contributed by atoms with Crippen molar-refractivity contribution in [3.8, 4) is 0 Å². The maximum atomic E-state index is 11.8. The van der Waals surface area contributed by atoms with Gasteiger partial charge >= 0.3 is 0 Å². The van der Waals surface area contributed by atoms with Gasteiger partial charge in [0, 0.05) is 23.9 Å². The molecular weight excluding hydrogens is 218 g/mol. The van der Waals surface area contributed by atoms with Gasteiger partial charge in [0.05, 0.1) is 0 Å². The highest BCUT2D eigenvalue weighted by molar-refractivity contribution is 7.81. The second-order valence-corrected chi connectivity index (χ2v) is 5.31. The molecule has 1 heterocycles. The fourth-order valence-electron chi connectivity index (χ4n) is 2.14. The maximum absolute atomic E-state index is 11.8. The predicted octanol–water partition coefficient (Wildman–Crippen LogP) is 2.85. The summed E-state index contributed by atoms with van der Waals surface area (Å²) in [6.07, 6.45) is 0.551. The van der Waals surface area contributed by atoms with E-state index >= 15 is 0 Å². The number of thiol groups is 1. The molecule has 0 aliphatic carbocycles. The molecule has 1 aliphatic rings. The number of anilines is 1. The van der Waals surface area contributed by atoms with Crippen molar-refractivity contribution >= 4 is 24.2 Å². The second kappa shape index (κ2) is 4.50. The minimum absolute atomic E-state index is 0.174. The minimum Gasteiger partial charge on any atom is -0.311 e. The molecule has 16 heavy (non-hydrogen) atoms. The third-order valence-corrected chi connectivity index (χ3v) is 3.30. The highest BCUT2D eigenvalue weighted by atomic mass is 32.1. The molecule has 0 bridgehead atoms. The molecule has 86 valence electrons. The van der Waals surface area contributed by atoms with Crippen LogP contribution in [0.25, 0.3) is 0 Å². The molecular formula is C13H17NOS. The Labute approximate surface area is 102 Å². The molecule has 1 fully saturated rings. The first-order chi connectivity index (χ1) is 7.59. The number of nitrogens with zero attached hydrogens (tertiary/aromatic N) is 1. The summed E-state index contributed by atoms with van der Waals surface area (Å²) in [7, 11) is 0. The van der Waals surface area contributed by atoms with E-state index in [-0.39, 0.29) is 11.2 Å². The first-order valence-corrected chi connectivity index (χ1v) is 6.18. The van der Waals surface area contributed by atoms with Crippen molar-refractivity contribution in [1.82, 2.24) is 0 Å². The smallest absolute Gasteiger partial charge is 0.228 e. The van der Waals surface area contributed by atoms with Gasteiger partial charge in [-0.2, -0.15) is 12.6 Å². The molecule has 1 saturated heterocycles. The van der Waals surface area contributed by atoms with Crippen LogP contribution in [0.15, 0.2) is 24.3 Å². The Bertz CT molecular complexity index is 403. The number of benzene rings is 1. The van der Waals surface area contributed by atoms with Gasteiger partial charge < -0.3 is 4.90 Å². The van der Waals surface area contributed by atoms with Crippen LogP contribution in [0.3, 0.4) is 0 Å². The van der Waals surface area contributed by atoms with Crippen LogP contribution in [0.5, 0.6) is 0 Å². The first-order valence-electron chi connectivity index (χ1n) is 5.67. The summed E-state index contributed by atoms with van der Waals surface area (Å²) in [5, 5.41) is 0.174. The van der Waals surface area contributed by atoms with Crippen LogP contribution in [-0.4, -0.2) is 17.7 Å². The number of carbonyl (C=O) groups is 1. The second-order valence-electron chi connectivity index (χ2n) is 4.58. The summed E-state index contributed by atoms with van der Waals surface area (Å²) in [6.45, 7) is 5.03. The molecule has 3 heteroatoms. The molecule has 1 amide bonds. The van der Waals surface area contributed by atoms with Crippen LogP contribution in [0, 0.1) is 0 Å². The third kappa shape index (κ3) is 2.09. The number of para-hydroxylation sites is 1. The average Bonchev–Trinajstić information content (AvgIpc) is 2.57. The molecule has 0 radical (unpaired) electrons. The SMILES string of the molecule is CC(C)c1ccccc1N1CC(S)CC1=O. The lowest BCUT2D eigenvalue weighted by Crippen LogP contribution is -2.25. The van der Waals surface area contributed by atoms with Crippen molar-refractivity contribution in [3.63, 3.8) is 0 Å². The lowest BCUT2D eigenvalue weighted by molar-refractivity contribution is -0.117. The summed E-state index contributed by atoms with van der Waals surface area (Å²) in [4.78, 5) is 13.7. The van der Waals surface area contributed by atoms with Crippen LogP contribution >= 0.6 is 12.6 Å². The summed E-state index contributed by atoms with van der Waals surface area (Å²) in [5.74, 6) is 0.621. The number of hydrogen-bond acceptors (Lipinski definition) is 2. The van der Waals surface area contributed by atoms with Gasteiger partial charge in [-0.15, -0.1) is 0 Å². The van der Waals surface area contributed by atoms with Crippen molar-refractivity contribution in [2.75, 3.05) is 11.4 Å². The Kier molecular flexibility index (Phi) is 3.24. The van der Waals surface area contributed by atoms with Gasteiger partial charge in [0.25, 0.3) is 0 Å². The molecule has 1 aromatic carbocycles. The predicted molar refractivity (Wildman–Crippen MR) is 70.3 cm³/mol. The fraction of sp³-hybridized carbons (Fsp3) is 0.462. The van der Waals surface area contributed by atoms with Crippen LogP contribution < -0.4 is 4.90 Å². The maximum Gasteiger partial charge on any atom is 0.228 e. The summed E-state index contributed by atoms with van der Waals surface area (Å²) in [6, 6.07) is 8.13. The van der Waals surface area contributed by atoms with E-state index in [0.717, 1.165) is 12.2 Å². The zero-order chi connectivity index (χ0) is 11.7. The van der Waals surface area contributed by atoms with Crippen molar-refractivity contribution in [1.29, 1.82) is 0 Å². The summed E-state index contributed by atoms with van der Waals surface area (Å²) in [5.41, 5.74) is 2.29. The van der Waals surface area contributed by atoms with Crippen LogP contribution in [0.1, 0.15) is 31.7 Å². The van der Waals surface area contributed by atoms with Gasteiger partial charge in [-0.05, 0) is 17.5 Å². The van der Waals surface area contributed by atoms with Crippen LogP contribution in [0.4, 0.5) is 5.69 Å². The average molecular weight is 235 g/mol. The fourth-order valence-corrected chi connectivity index (χ4v) is 2.46. The highest BCUT2D eigenvalue weighted by Crippen LogP contribution is 2.31. The van der Waals surface area contributed by atoms with Crippen molar-refractivity contribution in [2.24, 2.45) is 0 Å². The number of amides is 1. The van der Waals surface area contributed by atoms with E-state index in [2.05, 4.69) is 32.5 Å². The molecule has 0 saturated carbocycles. The van der Waals surface area contributed by atoms with E-state index in [1.807, 2.05) is 23.1 Å². The van der Waals surface area contributed by atoms with Crippen LogP contribution in [-0.2, 0) is 4.79 Å². The van der Waals surface area contributed by atoms with Crippen LogP contribution in [0.2, 0.25) is 0 Å². The number of carbonyl (C=O) groups excluding carboxylic acids is 1. The molecule has 0 aromatic heterocycles. The zero-order valence-corrected chi connectivity index (χ0v) is 10.6. The largest absolute Gasteiger partial charge is 0.311 e. The van der Waals surface area contributed by atoms with Gasteiger partial charge in [-0.3, -0.25) is 4.79 Å². The van der Waals surface area contributed by atoms with Gasteiger partial charge in [0.1, 0.15) is 0 Å². The molecule has 1 aliphatic heterocycles. The summed E-state index contributed by atoms with van der Waals surface area (Å²) < 4.78 is 0. The Balaban J connectivity index is 2.36. The Hall–Kier alpha value is -0.960. The normalized spacial score (nSPS) is 20.9. The lowest BCUT2D eigenvalue weighted by Gasteiger charge is -2.21. The van der Waals surface area contributed by atoms with Crippen molar-refractivity contribution in [2.45, 2.75) is 31.4 Å². The van der Waals surface area contributed by atoms with Gasteiger partial charge in [0.2, 0.25) is 5.91 Å². The van der Waals surface area contributed by atoms with Crippen molar-refractivity contribution in [3.05, 3.63) is 29.8 Å². The Morgan fingerprint density at radius 1 is 1.38 bits per heavy atom. The van der Waals surface area contributed by atoms with Crippen molar-refractivity contribution < 1.29 is 4.79 Å². The molecule has 0 N–H and O–H groups in total. The standard InChI is InChI=1S/C13H17NOS/c1-9(2)11-5-3-4-6-12(11)14-8-10(16)7-13(14)15/h3-6,9-10,16H,7-8H2,1-2H3. The molecule has 2 rings (SSSR count). The van der Waals surface area contributed by atoms with Gasteiger partial charge in [-0.1, -0.05) is 32.0 Å². The van der Waals surface area contributed by atoms with Gasteiger partial charge in [0.15, 0.2) is 0 Å². The third-order valence-electron chi connectivity index (χ3n) is 2.95. The van der Waals surface area contributed by atoms with E-state index < -0.39 is 0 Å². The van der Waals surface area contributed by atoms with E-state index in [4.69, 9.17) is 0 Å². The van der Waals surface area contributed by atoms with E-state index in [0.29, 0.717) is 12.3 Å². The molecule has 1 atom stereocenters. The topological polar surface area (TPSA) is 20.3 Å². The Morgan fingerprint density at radius 3 is 2.62 bits per heavy atom. The number of rotatable bonds is 2. The quantitative estimate of drug-likeness (QED) is 0.782. The molecule has 1 aromatic rings. The number of hydrogen-bond donors (Lipinski definition) is 1. The molecule has 2 nitrogen and oxygen atoms in total. The van der Waals surface area contributed by atoms with Gasteiger partial charge in [-0.25, -0.2) is 0 Å².